The van der Waals surface area contributed by atoms with Gasteiger partial charge in [0.05, 0.1) is 16.4 Å². The molecule has 20 heavy (non-hydrogen) atoms. The number of halogens is 2. The standard InChI is InChI=1S/C11H13F2NO4S2/c1-11(4-5-19(15,16)7-11)14-20(17,18)8-2-3-9(12)10(13)6-8/h2-3,6,14H,4-5,7H2,1H3. The van der Waals surface area contributed by atoms with Crippen molar-refractivity contribution in [2.75, 3.05) is 11.5 Å². The summed E-state index contributed by atoms with van der Waals surface area (Å²) in [6.45, 7) is 1.47. The molecule has 112 valence electrons. The highest BCUT2D eigenvalue weighted by Gasteiger charge is 2.41. The number of hydrogen-bond donors (Lipinski definition) is 1. The van der Waals surface area contributed by atoms with Gasteiger partial charge in [-0.2, -0.15) is 0 Å². The second-order valence-electron chi connectivity index (χ2n) is 5.08. The van der Waals surface area contributed by atoms with E-state index in [0.717, 1.165) is 6.07 Å². The minimum atomic E-state index is -4.11. The topological polar surface area (TPSA) is 80.3 Å². The Morgan fingerprint density at radius 3 is 2.40 bits per heavy atom. The Hall–Kier alpha value is -1.06. The molecule has 1 heterocycles. The van der Waals surface area contributed by atoms with Gasteiger partial charge in [-0.3, -0.25) is 0 Å². The van der Waals surface area contributed by atoms with Crippen molar-refractivity contribution < 1.29 is 25.6 Å². The molecule has 0 spiro atoms. The maximum absolute atomic E-state index is 13.1. The van der Waals surface area contributed by atoms with Crippen molar-refractivity contribution in [1.82, 2.24) is 4.72 Å². The normalized spacial score (nSPS) is 25.8. The van der Waals surface area contributed by atoms with Crippen molar-refractivity contribution in [2.24, 2.45) is 0 Å². The lowest BCUT2D eigenvalue weighted by Crippen LogP contribution is -2.46. The predicted octanol–water partition coefficient (Wildman–Crippen LogP) is 0.820. The van der Waals surface area contributed by atoms with E-state index in [1.54, 1.807) is 0 Å². The van der Waals surface area contributed by atoms with Gasteiger partial charge in [0.15, 0.2) is 21.5 Å². The summed E-state index contributed by atoms with van der Waals surface area (Å²) in [5.41, 5.74) is -1.14. The first-order valence-corrected chi connectivity index (χ1v) is 9.03. The molecule has 1 fully saturated rings. The van der Waals surface area contributed by atoms with Crippen molar-refractivity contribution in [3.8, 4) is 0 Å². The predicted molar refractivity (Wildman–Crippen MR) is 68.4 cm³/mol. The van der Waals surface area contributed by atoms with Gasteiger partial charge in [-0.1, -0.05) is 0 Å². The van der Waals surface area contributed by atoms with E-state index in [2.05, 4.69) is 4.72 Å². The van der Waals surface area contributed by atoms with Crippen molar-refractivity contribution in [3.63, 3.8) is 0 Å². The lowest BCUT2D eigenvalue weighted by Gasteiger charge is -2.23. The first-order valence-electron chi connectivity index (χ1n) is 5.73. The molecule has 1 aliphatic heterocycles. The van der Waals surface area contributed by atoms with E-state index in [0.29, 0.717) is 12.1 Å². The van der Waals surface area contributed by atoms with Gasteiger partial charge in [0.2, 0.25) is 10.0 Å². The fraction of sp³-hybridized carbons (Fsp3) is 0.455. The van der Waals surface area contributed by atoms with E-state index in [-0.39, 0.29) is 17.9 Å². The Morgan fingerprint density at radius 1 is 1.25 bits per heavy atom. The summed E-state index contributed by atoms with van der Waals surface area (Å²) in [5.74, 6) is -2.86. The van der Waals surface area contributed by atoms with Gasteiger partial charge >= 0.3 is 0 Å². The van der Waals surface area contributed by atoms with Crippen LogP contribution in [0.4, 0.5) is 8.78 Å². The third-order valence-electron chi connectivity index (χ3n) is 3.09. The molecule has 1 aromatic carbocycles. The Labute approximate surface area is 116 Å². The summed E-state index contributed by atoms with van der Waals surface area (Å²) in [4.78, 5) is -0.443. The number of sulfone groups is 1. The summed E-state index contributed by atoms with van der Waals surface area (Å²) in [7, 11) is -7.40. The third-order valence-corrected chi connectivity index (χ3v) is 6.62. The molecule has 5 nitrogen and oxygen atoms in total. The van der Waals surface area contributed by atoms with Gasteiger partial charge in [0.25, 0.3) is 0 Å². The van der Waals surface area contributed by atoms with Gasteiger partial charge in [0.1, 0.15) is 0 Å². The molecule has 0 amide bonds. The number of rotatable bonds is 3. The molecule has 1 atom stereocenters. The SMILES string of the molecule is CC1(NS(=O)(=O)c2ccc(F)c(F)c2)CCS(=O)(=O)C1. The molecular formula is C11H13F2NO4S2. The molecule has 0 aliphatic carbocycles. The van der Waals surface area contributed by atoms with Gasteiger partial charge < -0.3 is 0 Å². The summed E-state index contributed by atoms with van der Waals surface area (Å²) in [6, 6.07) is 2.19. The third kappa shape index (κ3) is 3.15. The molecule has 0 aromatic heterocycles. The van der Waals surface area contributed by atoms with Crippen molar-refractivity contribution in [2.45, 2.75) is 23.8 Å². The van der Waals surface area contributed by atoms with Crippen LogP contribution in [0.2, 0.25) is 0 Å². The van der Waals surface area contributed by atoms with Crippen molar-refractivity contribution >= 4 is 19.9 Å². The van der Waals surface area contributed by atoms with Crippen LogP contribution >= 0.6 is 0 Å². The Balaban J connectivity index is 2.30. The van der Waals surface area contributed by atoms with Crippen LogP contribution < -0.4 is 4.72 Å². The van der Waals surface area contributed by atoms with Gasteiger partial charge in [0, 0.05) is 5.54 Å². The largest absolute Gasteiger partial charge is 0.241 e. The fourth-order valence-corrected chi connectivity index (χ4v) is 5.75. The number of hydrogen-bond acceptors (Lipinski definition) is 4. The molecule has 0 bridgehead atoms. The lowest BCUT2D eigenvalue weighted by molar-refractivity contribution is 0.460. The highest BCUT2D eigenvalue weighted by molar-refractivity contribution is 7.92. The zero-order valence-electron chi connectivity index (χ0n) is 10.6. The summed E-state index contributed by atoms with van der Waals surface area (Å²) < 4.78 is 75.1. The first-order chi connectivity index (χ1) is 9.03. The maximum Gasteiger partial charge on any atom is 0.241 e. The van der Waals surface area contributed by atoms with E-state index < -0.39 is 41.9 Å². The molecule has 2 rings (SSSR count). The van der Waals surface area contributed by atoms with Crippen LogP contribution in [-0.4, -0.2) is 33.9 Å². The van der Waals surface area contributed by atoms with E-state index in [9.17, 15) is 25.6 Å². The van der Waals surface area contributed by atoms with E-state index in [1.165, 1.54) is 6.92 Å². The molecule has 9 heteroatoms. The Morgan fingerprint density at radius 2 is 1.90 bits per heavy atom. The summed E-state index contributed by atoms with van der Waals surface area (Å²) in [5, 5.41) is 0. The maximum atomic E-state index is 13.1. The van der Waals surface area contributed by atoms with E-state index in [1.807, 2.05) is 0 Å². The molecule has 0 saturated carbocycles. The van der Waals surface area contributed by atoms with Crippen molar-refractivity contribution in [1.29, 1.82) is 0 Å². The Bertz CT molecular complexity index is 746. The molecule has 1 unspecified atom stereocenters. The highest BCUT2D eigenvalue weighted by atomic mass is 32.2. The van der Waals surface area contributed by atoms with Gasteiger partial charge in [-0.15, -0.1) is 0 Å². The average Bonchev–Trinajstić information content (AvgIpc) is 2.55. The minimum Gasteiger partial charge on any atom is -0.229 e. The van der Waals surface area contributed by atoms with Gasteiger partial charge in [-0.05, 0) is 31.5 Å². The summed E-state index contributed by atoms with van der Waals surface area (Å²) >= 11 is 0. The fourth-order valence-electron chi connectivity index (χ4n) is 2.12. The molecule has 1 aliphatic rings. The van der Waals surface area contributed by atoms with Crippen LogP contribution in [0.25, 0.3) is 0 Å². The Kier molecular flexibility index (Phi) is 3.64. The van der Waals surface area contributed by atoms with Crippen LogP contribution in [-0.2, 0) is 19.9 Å². The highest BCUT2D eigenvalue weighted by Crippen LogP contribution is 2.25. The molecule has 1 N–H and O–H groups in total. The quantitative estimate of drug-likeness (QED) is 0.892. The smallest absolute Gasteiger partial charge is 0.229 e. The van der Waals surface area contributed by atoms with E-state index in [4.69, 9.17) is 0 Å². The lowest BCUT2D eigenvalue weighted by atomic mass is 10.0. The summed E-state index contributed by atoms with van der Waals surface area (Å²) in [6.07, 6.45) is 0.137. The van der Waals surface area contributed by atoms with Crippen LogP contribution in [0.5, 0.6) is 0 Å². The monoisotopic (exact) mass is 325 g/mol. The van der Waals surface area contributed by atoms with Crippen LogP contribution in [0, 0.1) is 11.6 Å². The van der Waals surface area contributed by atoms with Crippen LogP contribution in [0.1, 0.15) is 13.3 Å². The average molecular weight is 325 g/mol. The second kappa shape index (κ2) is 4.74. The van der Waals surface area contributed by atoms with Crippen molar-refractivity contribution in [3.05, 3.63) is 29.8 Å². The van der Waals surface area contributed by atoms with Crippen LogP contribution in [0.15, 0.2) is 23.1 Å². The minimum absolute atomic E-state index is 0.107. The zero-order chi connectivity index (χ0) is 15.2. The first kappa shape index (κ1) is 15.3. The zero-order valence-corrected chi connectivity index (χ0v) is 12.2. The number of nitrogens with one attached hydrogen (secondary N) is 1. The number of sulfonamides is 1. The molecule has 1 aromatic rings. The second-order valence-corrected chi connectivity index (χ2v) is 8.95. The number of benzene rings is 1. The molecule has 1 saturated heterocycles. The van der Waals surface area contributed by atoms with Gasteiger partial charge in [-0.25, -0.2) is 30.3 Å². The molecule has 0 radical (unpaired) electrons. The van der Waals surface area contributed by atoms with E-state index >= 15 is 0 Å². The van der Waals surface area contributed by atoms with Crippen LogP contribution in [0.3, 0.4) is 0 Å². The molecular weight excluding hydrogens is 312 g/mol.